The Labute approximate surface area is 241 Å². The van der Waals surface area contributed by atoms with E-state index in [1.807, 2.05) is 18.2 Å². The normalized spacial score (nSPS) is 18.2. The molecule has 2 heterocycles. The van der Waals surface area contributed by atoms with Gasteiger partial charge in [0.25, 0.3) is 0 Å². The van der Waals surface area contributed by atoms with Crippen molar-refractivity contribution in [3.05, 3.63) is 95.2 Å². The van der Waals surface area contributed by atoms with Gasteiger partial charge in [0, 0.05) is 41.1 Å². The lowest BCUT2D eigenvalue weighted by Gasteiger charge is -2.27. The van der Waals surface area contributed by atoms with Crippen molar-refractivity contribution in [1.82, 2.24) is 0 Å². The van der Waals surface area contributed by atoms with Gasteiger partial charge in [-0.25, -0.2) is 0 Å². The van der Waals surface area contributed by atoms with Gasteiger partial charge in [-0.1, -0.05) is 63.2 Å². The first kappa shape index (κ1) is 28.3. The predicted molar refractivity (Wildman–Crippen MR) is 165 cm³/mol. The van der Waals surface area contributed by atoms with Crippen molar-refractivity contribution in [2.45, 2.75) is 64.7 Å². The highest BCUT2D eigenvalue weighted by atomic mass is 16.4. The number of anilines is 1. The zero-order chi connectivity index (χ0) is 29.5. The summed E-state index contributed by atoms with van der Waals surface area (Å²) in [5.41, 5.74) is 7.11. The van der Waals surface area contributed by atoms with Crippen LogP contribution in [0.4, 0.5) is 11.4 Å². The number of hydrogen-bond donors (Lipinski definition) is 2. The van der Waals surface area contributed by atoms with Crippen LogP contribution in [0.25, 0.3) is 10.8 Å². The highest BCUT2D eigenvalue weighted by molar-refractivity contribution is 6.08. The van der Waals surface area contributed by atoms with Crippen molar-refractivity contribution in [1.29, 1.82) is 0 Å². The van der Waals surface area contributed by atoms with Crippen LogP contribution >= 0.6 is 0 Å². The number of rotatable bonds is 9. The van der Waals surface area contributed by atoms with E-state index < -0.39 is 11.9 Å². The van der Waals surface area contributed by atoms with E-state index in [-0.39, 0.29) is 23.7 Å². The molecule has 2 N–H and O–H groups in total. The summed E-state index contributed by atoms with van der Waals surface area (Å²) in [7, 11) is 0. The van der Waals surface area contributed by atoms with Crippen LogP contribution in [0.1, 0.15) is 65.0 Å². The van der Waals surface area contributed by atoms with E-state index in [1.165, 1.54) is 21.9 Å². The average Bonchev–Trinajstić information content (AvgIpc) is 3.28. The monoisotopic (exact) mass is 551 g/mol. The zero-order valence-electron chi connectivity index (χ0n) is 24.6. The summed E-state index contributed by atoms with van der Waals surface area (Å²) in [5, 5.41) is 21.4. The van der Waals surface area contributed by atoms with Crippen LogP contribution < -0.4 is 4.90 Å². The van der Waals surface area contributed by atoms with Crippen molar-refractivity contribution in [3.8, 4) is 0 Å². The molecule has 0 fully saturated rings. The SMILES string of the molecule is CCC(=CC1=[N+](CCC(=O)O)c2ccc3ccccc3c2C1(C)C)C=C1N(CCC(=O)O)c2ccccc2C1(C)C. The van der Waals surface area contributed by atoms with E-state index in [4.69, 9.17) is 0 Å². The summed E-state index contributed by atoms with van der Waals surface area (Å²) < 4.78 is 2.18. The topological polar surface area (TPSA) is 80.9 Å². The van der Waals surface area contributed by atoms with Crippen LogP contribution in [0, 0.1) is 0 Å². The summed E-state index contributed by atoms with van der Waals surface area (Å²) in [6.07, 6.45) is 5.31. The van der Waals surface area contributed by atoms with E-state index in [2.05, 4.69) is 98.7 Å². The highest BCUT2D eigenvalue weighted by Crippen LogP contribution is 2.49. The van der Waals surface area contributed by atoms with Crippen LogP contribution in [-0.4, -0.2) is 45.5 Å². The molecule has 5 rings (SSSR count). The highest BCUT2D eigenvalue weighted by Gasteiger charge is 2.46. The molecule has 0 bridgehead atoms. The summed E-state index contributed by atoms with van der Waals surface area (Å²) in [4.78, 5) is 25.4. The van der Waals surface area contributed by atoms with E-state index in [0.717, 1.165) is 34.8 Å². The lowest BCUT2D eigenvalue weighted by molar-refractivity contribution is -0.436. The van der Waals surface area contributed by atoms with Crippen molar-refractivity contribution >= 4 is 39.8 Å². The second kappa shape index (κ2) is 10.7. The third-order valence-corrected chi connectivity index (χ3v) is 8.70. The molecule has 0 spiro atoms. The van der Waals surface area contributed by atoms with Crippen molar-refractivity contribution in [2.75, 3.05) is 18.0 Å². The van der Waals surface area contributed by atoms with Gasteiger partial charge in [0.2, 0.25) is 5.69 Å². The Balaban J connectivity index is 1.67. The Kier molecular flexibility index (Phi) is 7.37. The average molecular weight is 552 g/mol. The largest absolute Gasteiger partial charge is 0.481 e. The lowest BCUT2D eigenvalue weighted by Crippen LogP contribution is -2.30. The second-order valence-electron chi connectivity index (χ2n) is 12.0. The standard InChI is InChI=1S/C35H38N2O4/c1-6-23(21-29-34(2,3)26-13-9-10-14-27(26)36(29)19-17-31(38)39)22-30-35(4,5)33-25-12-8-7-11-24(25)15-16-28(33)37(30)20-18-32(40)41/h7-16,21-22H,6,17-20H2,1-5H3,(H-,38,39,40,41)/p+1. The van der Waals surface area contributed by atoms with Gasteiger partial charge in [0.15, 0.2) is 12.3 Å². The minimum Gasteiger partial charge on any atom is -0.481 e. The molecule has 0 radical (unpaired) electrons. The molecule has 2 aliphatic rings. The van der Waals surface area contributed by atoms with Gasteiger partial charge in [-0.2, -0.15) is 4.58 Å². The molecule has 0 saturated carbocycles. The Bertz CT molecular complexity index is 1640. The van der Waals surface area contributed by atoms with Crippen molar-refractivity contribution in [3.63, 3.8) is 0 Å². The van der Waals surface area contributed by atoms with Crippen molar-refractivity contribution in [2.24, 2.45) is 0 Å². The maximum Gasteiger partial charge on any atom is 0.309 e. The first-order valence-electron chi connectivity index (χ1n) is 14.4. The fourth-order valence-corrected chi connectivity index (χ4v) is 6.59. The first-order valence-corrected chi connectivity index (χ1v) is 14.4. The van der Waals surface area contributed by atoms with Crippen LogP contribution in [0.3, 0.4) is 0 Å². The number of para-hydroxylation sites is 1. The molecule has 0 aromatic heterocycles. The van der Waals surface area contributed by atoms with Gasteiger partial charge < -0.3 is 15.1 Å². The van der Waals surface area contributed by atoms with Crippen LogP contribution in [-0.2, 0) is 20.4 Å². The second-order valence-corrected chi connectivity index (χ2v) is 12.0. The maximum absolute atomic E-state index is 11.7. The summed E-state index contributed by atoms with van der Waals surface area (Å²) >= 11 is 0. The number of nitrogens with zero attached hydrogens (tertiary/aromatic N) is 2. The summed E-state index contributed by atoms with van der Waals surface area (Å²) in [6, 6.07) is 20.8. The zero-order valence-corrected chi connectivity index (χ0v) is 24.6. The fraction of sp³-hybridized carbons (Fsp3) is 0.343. The predicted octanol–water partition coefficient (Wildman–Crippen LogP) is 7.18. The molecule has 3 aromatic carbocycles. The molecular formula is C35H39N2O4+. The van der Waals surface area contributed by atoms with Crippen LogP contribution in [0.2, 0.25) is 0 Å². The van der Waals surface area contributed by atoms with Crippen LogP contribution in [0.5, 0.6) is 0 Å². The molecule has 3 aromatic rings. The molecule has 2 aliphatic heterocycles. The van der Waals surface area contributed by atoms with Crippen LogP contribution in [0.15, 0.2) is 84.1 Å². The quantitative estimate of drug-likeness (QED) is 0.275. The summed E-state index contributed by atoms with van der Waals surface area (Å²) in [6.45, 7) is 11.7. The molecule has 0 aliphatic carbocycles. The van der Waals surface area contributed by atoms with Gasteiger partial charge in [0.1, 0.15) is 6.42 Å². The summed E-state index contributed by atoms with van der Waals surface area (Å²) in [5.74, 6) is -1.64. The van der Waals surface area contributed by atoms with Crippen molar-refractivity contribution < 1.29 is 24.4 Å². The van der Waals surface area contributed by atoms with E-state index in [1.54, 1.807) is 0 Å². The number of carboxylic acids is 2. The van der Waals surface area contributed by atoms with E-state index in [0.29, 0.717) is 13.1 Å². The first-order chi connectivity index (χ1) is 19.5. The minimum absolute atomic E-state index is 0.0353. The molecule has 0 saturated heterocycles. The number of carbonyl (C=O) groups is 2. The van der Waals surface area contributed by atoms with Gasteiger partial charge in [-0.3, -0.25) is 9.59 Å². The molecule has 0 unspecified atom stereocenters. The number of allylic oxidation sites excluding steroid dienone is 4. The number of benzene rings is 3. The number of carboxylic acid groups (broad SMARTS) is 2. The van der Waals surface area contributed by atoms with E-state index >= 15 is 0 Å². The number of hydrogen-bond acceptors (Lipinski definition) is 3. The molecule has 212 valence electrons. The van der Waals surface area contributed by atoms with Gasteiger partial charge in [-0.15, -0.1) is 0 Å². The Morgan fingerprint density at radius 3 is 2.27 bits per heavy atom. The molecule has 6 heteroatoms. The molecule has 0 atom stereocenters. The number of aliphatic carboxylic acids is 2. The van der Waals surface area contributed by atoms with Gasteiger partial charge in [0.05, 0.1) is 11.8 Å². The maximum atomic E-state index is 11.7. The Hall–Kier alpha value is -4.19. The Morgan fingerprint density at radius 2 is 1.56 bits per heavy atom. The third-order valence-electron chi connectivity index (χ3n) is 8.70. The smallest absolute Gasteiger partial charge is 0.309 e. The molecule has 41 heavy (non-hydrogen) atoms. The third kappa shape index (κ3) is 4.96. The molecule has 6 nitrogen and oxygen atoms in total. The number of fused-ring (bicyclic) bond motifs is 4. The minimum atomic E-state index is -0.822. The van der Waals surface area contributed by atoms with E-state index in [9.17, 15) is 19.8 Å². The molecular weight excluding hydrogens is 512 g/mol. The fourth-order valence-electron chi connectivity index (χ4n) is 6.59. The van der Waals surface area contributed by atoms with Gasteiger partial charge in [-0.05, 0) is 60.4 Å². The van der Waals surface area contributed by atoms with Gasteiger partial charge >= 0.3 is 11.9 Å². The Morgan fingerprint density at radius 1 is 0.878 bits per heavy atom. The lowest BCUT2D eigenvalue weighted by atomic mass is 9.78. The molecule has 0 amide bonds.